The van der Waals surface area contributed by atoms with E-state index >= 15 is 0 Å². The van der Waals surface area contributed by atoms with Crippen LogP contribution in [0.25, 0.3) is 0 Å². The maximum atomic E-state index is 12.6. The van der Waals surface area contributed by atoms with Crippen LogP contribution in [0.2, 0.25) is 0 Å². The molecule has 0 bridgehead atoms. The maximum Gasteiger partial charge on any atom is 0.253 e. The number of amides is 2. The van der Waals surface area contributed by atoms with Crippen molar-refractivity contribution in [2.75, 3.05) is 49.8 Å². The van der Waals surface area contributed by atoms with Gasteiger partial charge in [-0.1, -0.05) is 12.1 Å². The minimum absolute atomic E-state index is 0.261. The van der Waals surface area contributed by atoms with Crippen LogP contribution in [-0.2, 0) is 19.6 Å². The molecule has 2 N–H and O–H groups in total. The first-order valence-corrected chi connectivity index (χ1v) is 10.9. The summed E-state index contributed by atoms with van der Waals surface area (Å²) in [5.41, 5.74) is 0.858. The van der Waals surface area contributed by atoms with Crippen LogP contribution in [0, 0.1) is 0 Å². The molecule has 2 amide bonds. The second kappa shape index (κ2) is 10.6. The standard InChI is InChI=1S/C20H25N3O6S/c1-28-13-12-21-20(25)17-6-4-5-7-18(17)22-19(24)14-23(30(3,26)27)15-8-10-16(29-2)11-9-15/h4-11H,12-14H2,1-3H3,(H,21,25)(H,22,24). The van der Waals surface area contributed by atoms with Gasteiger partial charge in [-0.2, -0.15) is 0 Å². The van der Waals surface area contributed by atoms with E-state index in [1.165, 1.54) is 14.2 Å². The number of carbonyl (C=O) groups excluding carboxylic acids is 2. The zero-order chi connectivity index (χ0) is 22.1. The summed E-state index contributed by atoms with van der Waals surface area (Å²) in [7, 11) is -0.704. The third kappa shape index (κ3) is 6.46. The van der Waals surface area contributed by atoms with E-state index in [9.17, 15) is 18.0 Å². The lowest BCUT2D eigenvalue weighted by atomic mass is 10.1. The van der Waals surface area contributed by atoms with Crippen molar-refractivity contribution in [2.45, 2.75) is 0 Å². The topological polar surface area (TPSA) is 114 Å². The Hall–Kier alpha value is -3.11. The summed E-state index contributed by atoms with van der Waals surface area (Å²) in [4.78, 5) is 25.0. The van der Waals surface area contributed by atoms with Gasteiger partial charge in [-0.25, -0.2) is 8.42 Å². The molecule has 0 saturated carbocycles. The van der Waals surface area contributed by atoms with Crippen molar-refractivity contribution in [2.24, 2.45) is 0 Å². The molecule has 0 radical (unpaired) electrons. The first-order chi connectivity index (χ1) is 14.3. The highest BCUT2D eigenvalue weighted by atomic mass is 32.2. The Morgan fingerprint density at radius 1 is 1.03 bits per heavy atom. The third-order valence-corrected chi connectivity index (χ3v) is 5.23. The average Bonchev–Trinajstić information content (AvgIpc) is 2.72. The van der Waals surface area contributed by atoms with Gasteiger partial charge in [-0.15, -0.1) is 0 Å². The van der Waals surface area contributed by atoms with Gasteiger partial charge in [-0.3, -0.25) is 13.9 Å². The van der Waals surface area contributed by atoms with Crippen LogP contribution in [-0.4, -0.2) is 60.4 Å². The molecule has 0 spiro atoms. The van der Waals surface area contributed by atoms with E-state index in [-0.39, 0.29) is 17.2 Å². The molecule has 0 fully saturated rings. The molecule has 10 heteroatoms. The number of nitrogens with one attached hydrogen (secondary N) is 2. The molecule has 162 valence electrons. The highest BCUT2D eigenvalue weighted by Gasteiger charge is 2.22. The van der Waals surface area contributed by atoms with Crippen molar-refractivity contribution in [1.82, 2.24) is 5.32 Å². The van der Waals surface area contributed by atoms with Gasteiger partial charge in [-0.05, 0) is 36.4 Å². The van der Waals surface area contributed by atoms with Crippen LogP contribution < -0.4 is 19.7 Å². The second-order valence-corrected chi connectivity index (χ2v) is 8.22. The number of sulfonamides is 1. The number of hydrogen-bond donors (Lipinski definition) is 2. The normalized spacial score (nSPS) is 10.9. The van der Waals surface area contributed by atoms with E-state index < -0.39 is 22.5 Å². The summed E-state index contributed by atoms with van der Waals surface area (Å²) < 4.78 is 35.4. The first-order valence-electron chi connectivity index (χ1n) is 9.04. The Kier molecular flexibility index (Phi) is 8.19. The van der Waals surface area contributed by atoms with Gasteiger partial charge in [0.05, 0.1) is 36.9 Å². The van der Waals surface area contributed by atoms with Gasteiger partial charge >= 0.3 is 0 Å². The molecular weight excluding hydrogens is 410 g/mol. The summed E-state index contributed by atoms with van der Waals surface area (Å²) in [6.45, 7) is 0.215. The zero-order valence-electron chi connectivity index (χ0n) is 17.0. The minimum atomic E-state index is -3.73. The van der Waals surface area contributed by atoms with E-state index in [2.05, 4.69) is 10.6 Å². The van der Waals surface area contributed by atoms with Crippen molar-refractivity contribution in [3.05, 3.63) is 54.1 Å². The number of rotatable bonds is 10. The van der Waals surface area contributed by atoms with Crippen LogP contribution in [0.4, 0.5) is 11.4 Å². The number of para-hydroxylation sites is 1. The summed E-state index contributed by atoms with van der Waals surface area (Å²) >= 11 is 0. The molecule has 0 aliphatic heterocycles. The molecule has 0 atom stereocenters. The molecule has 0 aliphatic rings. The predicted octanol–water partition coefficient (Wildman–Crippen LogP) is 1.48. The van der Waals surface area contributed by atoms with Crippen LogP contribution >= 0.6 is 0 Å². The Morgan fingerprint density at radius 3 is 2.30 bits per heavy atom. The van der Waals surface area contributed by atoms with E-state index in [1.54, 1.807) is 48.5 Å². The molecule has 0 heterocycles. The van der Waals surface area contributed by atoms with Gasteiger partial charge in [0.2, 0.25) is 15.9 Å². The molecule has 0 aromatic heterocycles. The fourth-order valence-electron chi connectivity index (χ4n) is 2.62. The maximum absolute atomic E-state index is 12.6. The monoisotopic (exact) mass is 435 g/mol. The predicted molar refractivity (Wildman–Crippen MR) is 114 cm³/mol. The first kappa shape index (κ1) is 23.2. The lowest BCUT2D eigenvalue weighted by Crippen LogP contribution is -2.37. The number of nitrogens with zero attached hydrogens (tertiary/aromatic N) is 1. The van der Waals surface area contributed by atoms with Gasteiger partial charge < -0.3 is 20.1 Å². The third-order valence-electron chi connectivity index (χ3n) is 4.09. The second-order valence-electron chi connectivity index (χ2n) is 6.31. The van der Waals surface area contributed by atoms with Crippen molar-refractivity contribution in [3.8, 4) is 5.75 Å². The van der Waals surface area contributed by atoms with Gasteiger partial charge in [0, 0.05) is 13.7 Å². The summed E-state index contributed by atoms with van der Waals surface area (Å²) in [6, 6.07) is 12.8. The lowest BCUT2D eigenvalue weighted by Gasteiger charge is -2.22. The van der Waals surface area contributed by atoms with Crippen LogP contribution in [0.5, 0.6) is 5.75 Å². The highest BCUT2D eigenvalue weighted by molar-refractivity contribution is 7.92. The molecule has 9 nitrogen and oxygen atoms in total. The summed E-state index contributed by atoms with van der Waals surface area (Å²) in [5.74, 6) is -0.406. The Balaban J connectivity index is 2.17. The van der Waals surface area contributed by atoms with E-state index in [0.717, 1.165) is 10.6 Å². The molecule has 0 aliphatic carbocycles. The SMILES string of the molecule is COCCNC(=O)c1ccccc1NC(=O)CN(c1ccc(OC)cc1)S(C)(=O)=O. The number of carbonyl (C=O) groups is 2. The van der Waals surface area contributed by atoms with Crippen LogP contribution in [0.15, 0.2) is 48.5 Å². The highest BCUT2D eigenvalue weighted by Crippen LogP contribution is 2.22. The smallest absolute Gasteiger partial charge is 0.253 e. The van der Waals surface area contributed by atoms with Gasteiger partial charge in [0.25, 0.3) is 5.91 Å². The Labute approximate surface area is 176 Å². The quantitative estimate of drug-likeness (QED) is 0.547. The van der Waals surface area contributed by atoms with Crippen molar-refractivity contribution in [1.29, 1.82) is 0 Å². The molecule has 0 unspecified atom stereocenters. The molecule has 2 aromatic rings. The number of anilines is 2. The fourth-order valence-corrected chi connectivity index (χ4v) is 3.48. The fraction of sp³-hybridized carbons (Fsp3) is 0.300. The van der Waals surface area contributed by atoms with Crippen molar-refractivity contribution < 1.29 is 27.5 Å². The number of benzene rings is 2. The molecule has 0 saturated heterocycles. The average molecular weight is 436 g/mol. The lowest BCUT2D eigenvalue weighted by molar-refractivity contribution is -0.114. The summed E-state index contributed by atoms with van der Waals surface area (Å²) in [5, 5.41) is 5.30. The number of ether oxygens (including phenoxy) is 2. The van der Waals surface area contributed by atoms with E-state index in [0.29, 0.717) is 24.6 Å². The summed E-state index contributed by atoms with van der Waals surface area (Å²) in [6.07, 6.45) is 1.02. The van der Waals surface area contributed by atoms with E-state index in [1.807, 2.05) is 0 Å². The molecule has 30 heavy (non-hydrogen) atoms. The van der Waals surface area contributed by atoms with Crippen LogP contribution in [0.1, 0.15) is 10.4 Å². The molecular formula is C20H25N3O6S. The number of hydrogen-bond acceptors (Lipinski definition) is 6. The van der Waals surface area contributed by atoms with Crippen LogP contribution in [0.3, 0.4) is 0 Å². The van der Waals surface area contributed by atoms with Crippen molar-refractivity contribution in [3.63, 3.8) is 0 Å². The molecule has 2 aromatic carbocycles. The van der Waals surface area contributed by atoms with Crippen molar-refractivity contribution >= 4 is 33.2 Å². The minimum Gasteiger partial charge on any atom is -0.497 e. The molecule has 2 rings (SSSR count). The number of methoxy groups -OCH3 is 2. The van der Waals surface area contributed by atoms with Gasteiger partial charge in [0.1, 0.15) is 12.3 Å². The largest absolute Gasteiger partial charge is 0.497 e. The van der Waals surface area contributed by atoms with Gasteiger partial charge in [0.15, 0.2) is 0 Å². The van der Waals surface area contributed by atoms with E-state index in [4.69, 9.17) is 9.47 Å². The Bertz CT molecular complexity index is 976. The Morgan fingerprint density at radius 2 is 1.70 bits per heavy atom. The zero-order valence-corrected chi connectivity index (χ0v) is 17.9.